The summed E-state index contributed by atoms with van der Waals surface area (Å²) < 4.78 is 2.14. The van der Waals surface area contributed by atoms with Crippen molar-refractivity contribution in [1.29, 1.82) is 0 Å². The van der Waals surface area contributed by atoms with E-state index in [1.54, 1.807) is 0 Å². The van der Waals surface area contributed by atoms with Crippen LogP contribution in [0.3, 0.4) is 0 Å². The smallest absolute Gasteiger partial charge is 0.238 e. The summed E-state index contributed by atoms with van der Waals surface area (Å²) in [6.07, 6.45) is 0. The van der Waals surface area contributed by atoms with E-state index in [2.05, 4.69) is 132 Å². The van der Waals surface area contributed by atoms with Gasteiger partial charge in [0.15, 0.2) is 11.6 Å². The first kappa shape index (κ1) is 26.1. The highest BCUT2D eigenvalue weighted by Gasteiger charge is 2.17. The van der Waals surface area contributed by atoms with Crippen LogP contribution in [0.1, 0.15) is 0 Å². The van der Waals surface area contributed by atoms with E-state index in [1.165, 1.54) is 5.56 Å². The molecule has 0 saturated heterocycles. The quantitative estimate of drug-likeness (QED) is 0.202. The van der Waals surface area contributed by atoms with E-state index in [9.17, 15) is 0 Å². The molecule has 0 radical (unpaired) electrons. The highest BCUT2D eigenvalue weighted by molar-refractivity contribution is 6.30. The summed E-state index contributed by atoms with van der Waals surface area (Å²) in [5.74, 6) is 1.80. The van der Waals surface area contributed by atoms with Crippen molar-refractivity contribution in [3.8, 4) is 51.0 Å². The maximum absolute atomic E-state index is 6.26. The predicted octanol–water partition coefficient (Wildman–Crippen LogP) is 10.3. The molecule has 0 atom stereocenters. The van der Waals surface area contributed by atoms with Gasteiger partial charge in [-0.05, 0) is 46.5 Å². The molecule has 0 amide bonds. The second-order valence-corrected chi connectivity index (χ2v) is 11.1. The number of benzene rings is 6. The average Bonchev–Trinajstić information content (AvgIpc) is 3.43. The van der Waals surface area contributed by atoms with Crippen molar-refractivity contribution in [2.45, 2.75) is 0 Å². The number of hydrogen-bond donors (Lipinski definition) is 0. The zero-order chi connectivity index (χ0) is 29.5. The SMILES string of the molecule is Clc1cccc(-c2ccc(-c3nc(-c4ccc(-c5ccccc5)cc4)nc(-n4c5ccccc5c5ccccc54)n3)cc2)c1. The maximum atomic E-state index is 6.26. The molecule has 2 heterocycles. The summed E-state index contributed by atoms with van der Waals surface area (Å²) >= 11 is 6.26. The molecule has 0 bridgehead atoms. The third-order valence-electron chi connectivity index (χ3n) is 7.95. The number of fused-ring (bicyclic) bond motifs is 3. The third-order valence-corrected chi connectivity index (χ3v) is 8.19. The number of nitrogens with zero attached hydrogens (tertiary/aromatic N) is 4. The Labute approximate surface area is 259 Å². The minimum Gasteiger partial charge on any atom is -0.278 e. The van der Waals surface area contributed by atoms with Crippen LogP contribution in [0.4, 0.5) is 0 Å². The number of aromatic nitrogens is 4. The Kier molecular flexibility index (Phi) is 6.47. The van der Waals surface area contributed by atoms with E-state index in [-0.39, 0.29) is 0 Å². The number of halogens is 1. The molecule has 8 rings (SSSR count). The lowest BCUT2D eigenvalue weighted by atomic mass is 10.0. The van der Waals surface area contributed by atoms with Crippen LogP contribution in [0.15, 0.2) is 152 Å². The van der Waals surface area contributed by atoms with Gasteiger partial charge in [-0.1, -0.05) is 139 Å². The van der Waals surface area contributed by atoms with Gasteiger partial charge < -0.3 is 0 Å². The first-order valence-corrected chi connectivity index (χ1v) is 14.9. The van der Waals surface area contributed by atoms with Gasteiger partial charge in [-0.25, -0.2) is 4.98 Å². The predicted molar refractivity (Wildman–Crippen MR) is 181 cm³/mol. The van der Waals surface area contributed by atoms with E-state index >= 15 is 0 Å². The highest BCUT2D eigenvalue weighted by atomic mass is 35.5. The Morgan fingerprint density at radius 1 is 0.386 bits per heavy atom. The lowest BCUT2D eigenvalue weighted by Crippen LogP contribution is -2.06. The van der Waals surface area contributed by atoms with Crippen LogP contribution in [0.5, 0.6) is 0 Å². The molecule has 0 aliphatic heterocycles. The number of para-hydroxylation sites is 2. The van der Waals surface area contributed by atoms with Crippen LogP contribution in [0.25, 0.3) is 72.8 Å². The molecule has 0 aliphatic rings. The number of rotatable bonds is 5. The molecule has 44 heavy (non-hydrogen) atoms. The molecule has 0 fully saturated rings. The van der Waals surface area contributed by atoms with Gasteiger partial charge in [-0.2, -0.15) is 9.97 Å². The van der Waals surface area contributed by atoms with Crippen LogP contribution in [-0.4, -0.2) is 19.5 Å². The summed E-state index contributed by atoms with van der Waals surface area (Å²) in [5.41, 5.74) is 8.37. The third kappa shape index (κ3) is 4.72. The van der Waals surface area contributed by atoms with E-state index in [0.717, 1.165) is 49.6 Å². The van der Waals surface area contributed by atoms with Crippen LogP contribution in [0, 0.1) is 0 Å². The Morgan fingerprint density at radius 2 is 0.841 bits per heavy atom. The van der Waals surface area contributed by atoms with Crippen LogP contribution in [0.2, 0.25) is 5.02 Å². The second kappa shape index (κ2) is 10.9. The van der Waals surface area contributed by atoms with Gasteiger partial charge in [0.05, 0.1) is 11.0 Å². The molecule has 208 valence electrons. The zero-order valence-corrected chi connectivity index (χ0v) is 24.4. The minimum absolute atomic E-state index is 0.577. The monoisotopic (exact) mass is 584 g/mol. The van der Waals surface area contributed by atoms with Gasteiger partial charge in [-0.15, -0.1) is 0 Å². The Hall–Kier alpha value is -5.58. The zero-order valence-electron chi connectivity index (χ0n) is 23.6. The summed E-state index contributed by atoms with van der Waals surface area (Å²) in [5, 5.41) is 3.03. The van der Waals surface area contributed by atoms with Crippen molar-refractivity contribution in [2.24, 2.45) is 0 Å². The molecule has 0 saturated carbocycles. The fourth-order valence-electron chi connectivity index (χ4n) is 5.78. The summed E-state index contributed by atoms with van der Waals surface area (Å²) in [7, 11) is 0. The van der Waals surface area contributed by atoms with Crippen LogP contribution < -0.4 is 0 Å². The van der Waals surface area contributed by atoms with E-state index in [0.29, 0.717) is 22.6 Å². The van der Waals surface area contributed by atoms with Gasteiger partial charge in [0.25, 0.3) is 0 Å². The second-order valence-electron chi connectivity index (χ2n) is 10.7. The number of hydrogen-bond acceptors (Lipinski definition) is 3. The lowest BCUT2D eigenvalue weighted by Gasteiger charge is -2.11. The molecule has 8 aromatic rings. The largest absolute Gasteiger partial charge is 0.278 e. The Balaban J connectivity index is 1.30. The molecule has 5 heteroatoms. The Bertz CT molecular complexity index is 2220. The van der Waals surface area contributed by atoms with Crippen molar-refractivity contribution < 1.29 is 0 Å². The summed E-state index contributed by atoms with van der Waals surface area (Å²) in [6, 6.07) is 51.7. The fourth-order valence-corrected chi connectivity index (χ4v) is 5.97. The molecule has 0 spiro atoms. The van der Waals surface area contributed by atoms with Crippen molar-refractivity contribution in [1.82, 2.24) is 19.5 Å². The maximum Gasteiger partial charge on any atom is 0.238 e. The molecule has 6 aromatic carbocycles. The lowest BCUT2D eigenvalue weighted by molar-refractivity contribution is 0.953. The van der Waals surface area contributed by atoms with E-state index in [1.807, 2.05) is 24.3 Å². The topological polar surface area (TPSA) is 43.6 Å². The fraction of sp³-hybridized carbons (Fsp3) is 0. The van der Waals surface area contributed by atoms with E-state index < -0.39 is 0 Å². The molecular weight excluding hydrogens is 560 g/mol. The average molecular weight is 585 g/mol. The Morgan fingerprint density at radius 3 is 1.41 bits per heavy atom. The summed E-state index contributed by atoms with van der Waals surface area (Å²) in [6.45, 7) is 0. The minimum atomic E-state index is 0.577. The summed E-state index contributed by atoms with van der Waals surface area (Å²) in [4.78, 5) is 15.2. The van der Waals surface area contributed by atoms with Crippen molar-refractivity contribution in [3.05, 3.63) is 157 Å². The molecule has 4 nitrogen and oxygen atoms in total. The standard InChI is InChI=1S/C39H25ClN4/c40-32-12-8-11-31(25-32)28-19-23-30(24-20-28)38-41-37(29-21-17-27(18-22-29)26-9-2-1-3-10-26)42-39(43-38)44-35-15-6-4-13-33(35)34-14-5-7-16-36(34)44/h1-25H. The first-order chi connectivity index (χ1) is 21.7. The normalized spacial score (nSPS) is 11.3. The van der Waals surface area contributed by atoms with Gasteiger partial charge in [0.2, 0.25) is 5.95 Å². The molecule has 0 aliphatic carbocycles. The van der Waals surface area contributed by atoms with Crippen molar-refractivity contribution in [3.63, 3.8) is 0 Å². The molecular formula is C39H25ClN4. The van der Waals surface area contributed by atoms with Crippen molar-refractivity contribution >= 4 is 33.4 Å². The van der Waals surface area contributed by atoms with Crippen LogP contribution in [-0.2, 0) is 0 Å². The molecule has 0 N–H and O–H groups in total. The first-order valence-electron chi connectivity index (χ1n) is 14.5. The van der Waals surface area contributed by atoms with Gasteiger partial charge >= 0.3 is 0 Å². The van der Waals surface area contributed by atoms with Gasteiger partial charge in [0, 0.05) is 26.9 Å². The highest BCUT2D eigenvalue weighted by Crippen LogP contribution is 2.33. The molecule has 0 unspecified atom stereocenters. The van der Waals surface area contributed by atoms with Crippen LogP contribution >= 0.6 is 11.6 Å². The molecule has 2 aromatic heterocycles. The van der Waals surface area contributed by atoms with Gasteiger partial charge in [0.1, 0.15) is 0 Å². The van der Waals surface area contributed by atoms with E-state index in [4.69, 9.17) is 26.6 Å². The van der Waals surface area contributed by atoms with Gasteiger partial charge in [-0.3, -0.25) is 4.57 Å². The van der Waals surface area contributed by atoms with Crippen molar-refractivity contribution in [2.75, 3.05) is 0 Å².